The molecule has 0 aromatic rings. The molecule has 0 saturated carbocycles. The number of Topliss-reactive ketones (excluding diaryl/α,β-unsaturated/α-hetero) is 1. The third-order valence-corrected chi connectivity index (χ3v) is 2.77. The van der Waals surface area contributed by atoms with E-state index in [1.54, 1.807) is 6.92 Å². The number of rotatable bonds is 5. The summed E-state index contributed by atoms with van der Waals surface area (Å²) in [5.41, 5.74) is -0.508. The number of amides is 1. The van der Waals surface area contributed by atoms with E-state index in [1.807, 2.05) is 0 Å². The second kappa shape index (κ2) is 7.38. The Balaban J connectivity index is 3.43. The Kier molecular flexibility index (Phi) is 5.84. The summed E-state index contributed by atoms with van der Waals surface area (Å²) in [6.45, 7) is 2.88. The minimum atomic E-state index is -1.23. The Morgan fingerprint density at radius 3 is 2.41 bits per heavy atom. The lowest BCUT2D eigenvalue weighted by Gasteiger charge is -2.30. The molecule has 1 atom stereocenters. The lowest BCUT2D eigenvalue weighted by Crippen LogP contribution is -2.51. The van der Waals surface area contributed by atoms with Crippen LogP contribution in [-0.2, 0) is 19.0 Å². The van der Waals surface area contributed by atoms with Crippen LogP contribution in [0.2, 0.25) is 0 Å². The van der Waals surface area contributed by atoms with Crippen LogP contribution in [0, 0.1) is 10.1 Å². The van der Waals surface area contributed by atoms with Gasteiger partial charge >= 0.3 is 17.8 Å². The first kappa shape index (κ1) is 17.4. The summed E-state index contributed by atoms with van der Waals surface area (Å²) < 4.78 is 14.7. The van der Waals surface area contributed by atoms with Crippen molar-refractivity contribution in [2.24, 2.45) is 4.99 Å². The van der Waals surface area contributed by atoms with Crippen molar-refractivity contribution in [1.82, 2.24) is 4.90 Å². The van der Waals surface area contributed by atoms with Gasteiger partial charge in [-0.05, 0) is 13.8 Å². The molecule has 0 N–H and O–H groups in total. The van der Waals surface area contributed by atoms with Gasteiger partial charge in [0.05, 0.1) is 25.7 Å². The summed E-state index contributed by atoms with van der Waals surface area (Å²) in [5.74, 6) is -0.680. The van der Waals surface area contributed by atoms with Gasteiger partial charge in [-0.15, -0.1) is 0 Å². The van der Waals surface area contributed by atoms with Crippen LogP contribution in [0.3, 0.4) is 0 Å². The van der Waals surface area contributed by atoms with E-state index >= 15 is 0 Å². The maximum Gasteiger partial charge on any atom is 0.418 e. The average Bonchev–Trinajstić information content (AvgIpc) is 2.44. The van der Waals surface area contributed by atoms with Crippen molar-refractivity contribution >= 4 is 17.9 Å². The molecule has 1 unspecified atom stereocenters. The molecule has 10 nitrogen and oxygen atoms in total. The van der Waals surface area contributed by atoms with Gasteiger partial charge < -0.3 is 14.2 Å². The number of amidine groups is 1. The number of ether oxygens (including phenoxy) is 3. The Labute approximate surface area is 126 Å². The van der Waals surface area contributed by atoms with Crippen molar-refractivity contribution in [1.29, 1.82) is 0 Å². The molecule has 10 heteroatoms. The number of ketones is 1. The first-order valence-electron chi connectivity index (χ1n) is 6.37. The highest BCUT2D eigenvalue weighted by atomic mass is 16.6. The lowest BCUT2D eigenvalue weighted by atomic mass is 10.1. The minimum absolute atomic E-state index is 0.0494. The van der Waals surface area contributed by atoms with Crippen molar-refractivity contribution < 1.29 is 28.7 Å². The fourth-order valence-electron chi connectivity index (χ4n) is 1.95. The highest BCUT2D eigenvalue weighted by Crippen LogP contribution is 2.27. The molecule has 0 bridgehead atoms. The van der Waals surface area contributed by atoms with Crippen molar-refractivity contribution in [3.8, 4) is 0 Å². The largest absolute Gasteiger partial charge is 0.476 e. The number of methoxy groups -OCH3 is 2. The molecule has 122 valence electrons. The van der Waals surface area contributed by atoms with Crippen LogP contribution in [0.4, 0.5) is 4.79 Å². The molecular formula is C12H17N3O7. The molecule has 0 aromatic heterocycles. The molecule has 0 aromatic carbocycles. The molecule has 1 heterocycles. The summed E-state index contributed by atoms with van der Waals surface area (Å²) in [6.07, 6.45) is -1.20. The first-order valence-corrected chi connectivity index (χ1v) is 6.37. The van der Waals surface area contributed by atoms with E-state index in [0.717, 1.165) is 4.90 Å². The van der Waals surface area contributed by atoms with E-state index in [9.17, 15) is 19.7 Å². The van der Waals surface area contributed by atoms with Crippen LogP contribution in [-0.4, -0.2) is 54.6 Å². The zero-order valence-corrected chi connectivity index (χ0v) is 12.7. The summed E-state index contributed by atoms with van der Waals surface area (Å²) in [4.78, 5) is 38.7. The maximum absolute atomic E-state index is 12.1. The molecule has 0 fully saturated rings. The van der Waals surface area contributed by atoms with E-state index in [-0.39, 0.29) is 30.7 Å². The zero-order valence-electron chi connectivity index (χ0n) is 12.7. The van der Waals surface area contributed by atoms with Gasteiger partial charge in [0.25, 0.3) is 5.88 Å². The van der Waals surface area contributed by atoms with Crippen molar-refractivity contribution in [2.75, 3.05) is 20.8 Å². The highest BCUT2D eigenvalue weighted by molar-refractivity contribution is 5.93. The summed E-state index contributed by atoms with van der Waals surface area (Å²) in [5, 5.41) is 11.3. The second-order valence-corrected chi connectivity index (χ2v) is 4.24. The van der Waals surface area contributed by atoms with Crippen molar-refractivity contribution in [3.05, 3.63) is 21.7 Å². The van der Waals surface area contributed by atoms with Gasteiger partial charge in [-0.1, -0.05) is 0 Å². The smallest absolute Gasteiger partial charge is 0.418 e. The molecule has 0 spiro atoms. The molecular weight excluding hydrogens is 298 g/mol. The number of aliphatic imine (C=N–C) groups is 1. The number of hydrogen-bond acceptors (Lipinski definition) is 8. The third kappa shape index (κ3) is 3.51. The molecule has 22 heavy (non-hydrogen) atoms. The predicted octanol–water partition coefficient (Wildman–Crippen LogP) is 0.901. The number of carbonyl (C=O) groups excluding carboxylic acids is 2. The average molecular weight is 315 g/mol. The van der Waals surface area contributed by atoms with E-state index in [0.29, 0.717) is 0 Å². The van der Waals surface area contributed by atoms with Crippen LogP contribution < -0.4 is 0 Å². The fraction of sp³-hybridized carbons (Fsp3) is 0.583. The quantitative estimate of drug-likeness (QED) is 0.546. The van der Waals surface area contributed by atoms with Crippen LogP contribution >= 0.6 is 0 Å². The van der Waals surface area contributed by atoms with E-state index in [1.165, 1.54) is 21.1 Å². The number of nitrogens with zero attached hydrogens (tertiary/aromatic N) is 3. The van der Waals surface area contributed by atoms with Crippen LogP contribution in [0.1, 0.15) is 20.3 Å². The van der Waals surface area contributed by atoms with Gasteiger partial charge in [0.1, 0.15) is 11.8 Å². The third-order valence-electron chi connectivity index (χ3n) is 2.77. The van der Waals surface area contributed by atoms with Gasteiger partial charge in [0, 0.05) is 6.42 Å². The van der Waals surface area contributed by atoms with Gasteiger partial charge in [-0.25, -0.2) is 9.69 Å². The Morgan fingerprint density at radius 2 is 2.00 bits per heavy atom. The summed E-state index contributed by atoms with van der Waals surface area (Å²) in [6, 6.07) is -1.47. The van der Waals surface area contributed by atoms with Gasteiger partial charge in [0.2, 0.25) is 0 Å². The fourth-order valence-corrected chi connectivity index (χ4v) is 1.95. The molecule has 0 aliphatic carbocycles. The van der Waals surface area contributed by atoms with E-state index < -0.39 is 22.8 Å². The highest BCUT2D eigenvalue weighted by Gasteiger charge is 2.46. The molecule has 1 aliphatic heterocycles. The topological polar surface area (TPSA) is 121 Å². The SMILES string of the molecule is CCOC(=O)N1C(OC)=NC(OC)=C([N+](=O)[O-])C1CC(C)=O. The Bertz CT molecular complexity index is 541. The minimum Gasteiger partial charge on any atom is -0.476 e. The number of carbonyl (C=O) groups is 2. The molecule has 0 radical (unpaired) electrons. The molecule has 1 amide bonds. The van der Waals surface area contributed by atoms with Crippen molar-refractivity contribution in [2.45, 2.75) is 26.3 Å². The summed E-state index contributed by atoms with van der Waals surface area (Å²) >= 11 is 0. The standard InChI is InChI=1S/C12H17N3O7/c1-5-22-12(17)14-8(6-7(2)16)9(15(18)19)10(20-3)13-11(14)21-4/h8H,5-6H2,1-4H3. The predicted molar refractivity (Wildman–Crippen MR) is 73.4 cm³/mol. The summed E-state index contributed by atoms with van der Waals surface area (Å²) in [7, 11) is 2.43. The van der Waals surface area contributed by atoms with Gasteiger partial charge in [-0.2, -0.15) is 4.99 Å². The van der Waals surface area contributed by atoms with Gasteiger partial charge in [-0.3, -0.25) is 14.9 Å². The monoisotopic (exact) mass is 315 g/mol. The van der Waals surface area contributed by atoms with Crippen LogP contribution in [0.15, 0.2) is 16.6 Å². The van der Waals surface area contributed by atoms with Crippen molar-refractivity contribution in [3.63, 3.8) is 0 Å². The Morgan fingerprint density at radius 1 is 1.36 bits per heavy atom. The first-order chi connectivity index (χ1) is 10.4. The van der Waals surface area contributed by atoms with Crippen LogP contribution in [0.5, 0.6) is 0 Å². The van der Waals surface area contributed by atoms with E-state index in [4.69, 9.17) is 14.2 Å². The lowest BCUT2D eigenvalue weighted by molar-refractivity contribution is -0.435. The normalized spacial score (nSPS) is 17.7. The zero-order chi connectivity index (χ0) is 16.9. The molecule has 0 saturated heterocycles. The van der Waals surface area contributed by atoms with E-state index in [2.05, 4.69) is 4.99 Å². The maximum atomic E-state index is 12.1. The number of hydrogen-bond donors (Lipinski definition) is 0. The Hall–Kier alpha value is -2.65. The molecule has 1 aliphatic rings. The van der Waals surface area contributed by atoms with Crippen LogP contribution in [0.25, 0.3) is 0 Å². The van der Waals surface area contributed by atoms with Gasteiger partial charge in [0.15, 0.2) is 0 Å². The molecule has 1 rings (SSSR count). The number of nitro groups is 1. The second-order valence-electron chi connectivity index (χ2n) is 4.24.